The van der Waals surface area contributed by atoms with Gasteiger partial charge in [-0.05, 0) is 40.2 Å². The van der Waals surface area contributed by atoms with Gasteiger partial charge in [-0.2, -0.15) is 0 Å². The van der Waals surface area contributed by atoms with E-state index in [1.807, 2.05) is 30.3 Å². The monoisotopic (exact) mass is 472 g/mol. The summed E-state index contributed by atoms with van der Waals surface area (Å²) >= 11 is 4.66. The molecule has 3 aromatic heterocycles. The minimum atomic E-state index is -0.464. The van der Waals surface area contributed by atoms with Gasteiger partial charge in [-0.15, -0.1) is 10.2 Å². The number of halogens is 1. The summed E-state index contributed by atoms with van der Waals surface area (Å²) in [4.78, 5) is 16.8. The second-order valence-electron chi connectivity index (χ2n) is 6.22. The molecule has 0 fully saturated rings. The van der Waals surface area contributed by atoms with E-state index in [2.05, 4.69) is 31.1 Å². The molecule has 0 spiro atoms. The average molecular weight is 473 g/mol. The summed E-state index contributed by atoms with van der Waals surface area (Å²) in [6.07, 6.45) is 1.23. The van der Waals surface area contributed by atoms with E-state index in [0.717, 1.165) is 4.47 Å². The molecule has 0 aliphatic carbocycles. The highest BCUT2D eigenvalue weighted by Crippen LogP contribution is 2.36. The average Bonchev–Trinajstić information content (AvgIpc) is 3.21. The van der Waals surface area contributed by atoms with Crippen molar-refractivity contribution in [1.29, 1.82) is 0 Å². The maximum atomic E-state index is 12.3. The molecular formula is C19H13BrN4O4S. The van der Waals surface area contributed by atoms with Gasteiger partial charge in [-0.25, -0.2) is 4.98 Å². The van der Waals surface area contributed by atoms with E-state index >= 15 is 0 Å². The van der Waals surface area contributed by atoms with Crippen molar-refractivity contribution >= 4 is 33.3 Å². The molecule has 10 heteroatoms. The second-order valence-corrected chi connectivity index (χ2v) is 8.06. The third kappa shape index (κ3) is 3.73. The molecule has 4 heterocycles. The zero-order chi connectivity index (χ0) is 19.8. The van der Waals surface area contributed by atoms with Crippen LogP contribution in [-0.4, -0.2) is 26.2 Å². The smallest absolute Gasteiger partial charge is 0.277 e. The number of hydrogen-bond acceptors (Lipinski definition) is 8. The molecule has 146 valence electrons. The number of thioether (sulfide) groups is 1. The van der Waals surface area contributed by atoms with Crippen LogP contribution in [0.5, 0.6) is 11.5 Å². The fraction of sp³-hybridized carbons (Fsp3) is 0.158. The van der Waals surface area contributed by atoms with Crippen LogP contribution in [0.2, 0.25) is 0 Å². The number of nitrogens with zero attached hydrogens (tertiary/aromatic N) is 4. The van der Waals surface area contributed by atoms with Gasteiger partial charge in [-0.1, -0.05) is 23.9 Å². The van der Waals surface area contributed by atoms with Crippen LogP contribution in [0.1, 0.15) is 17.7 Å². The summed E-state index contributed by atoms with van der Waals surface area (Å²) in [6, 6.07) is 12.6. The van der Waals surface area contributed by atoms with Crippen molar-refractivity contribution in [2.24, 2.45) is 0 Å². The summed E-state index contributed by atoms with van der Waals surface area (Å²) in [5.41, 5.74) is 1.06. The first kappa shape index (κ1) is 18.2. The van der Waals surface area contributed by atoms with Crippen LogP contribution in [0.3, 0.4) is 0 Å². The minimum absolute atomic E-state index is 0.149. The lowest BCUT2D eigenvalue weighted by molar-refractivity contribution is 0.0686. The zero-order valence-corrected chi connectivity index (χ0v) is 17.2. The molecule has 0 saturated carbocycles. The first-order chi connectivity index (χ1) is 14.2. The fourth-order valence-electron chi connectivity index (χ4n) is 2.89. The Hall–Kier alpha value is -2.85. The molecule has 0 unspecified atom stereocenters. The van der Waals surface area contributed by atoms with Crippen LogP contribution in [0.25, 0.3) is 5.65 Å². The van der Waals surface area contributed by atoms with Gasteiger partial charge in [0.15, 0.2) is 11.5 Å². The number of para-hydroxylation sites is 2. The fourth-order valence-corrected chi connectivity index (χ4v) is 3.88. The number of pyridine rings is 1. The van der Waals surface area contributed by atoms with Gasteiger partial charge in [0.1, 0.15) is 12.3 Å². The standard InChI is InChI=1S/C19H13BrN4O4S/c20-11-5-6-16-21-12(7-17(25)24(16)8-11)10-29-19-23-22-18(28-19)15-9-26-13-3-1-2-4-14(13)27-15/h1-8,15H,9-10H2/t15-/m1/s1. The molecule has 8 nitrogen and oxygen atoms in total. The number of benzene rings is 1. The Kier molecular flexibility index (Phi) is 4.72. The highest BCUT2D eigenvalue weighted by molar-refractivity contribution is 9.10. The molecule has 5 rings (SSSR count). The summed E-state index contributed by atoms with van der Waals surface area (Å²) in [7, 11) is 0. The van der Waals surface area contributed by atoms with Gasteiger partial charge in [0.25, 0.3) is 16.7 Å². The summed E-state index contributed by atoms with van der Waals surface area (Å²) < 4.78 is 19.6. The molecule has 1 atom stereocenters. The van der Waals surface area contributed by atoms with Gasteiger partial charge in [0.2, 0.25) is 6.10 Å². The molecule has 4 aromatic rings. The molecule has 1 aliphatic rings. The quantitative estimate of drug-likeness (QED) is 0.415. The predicted octanol–water partition coefficient (Wildman–Crippen LogP) is 3.64. The Balaban J connectivity index is 1.29. The lowest BCUT2D eigenvalue weighted by Crippen LogP contribution is -2.21. The molecule has 0 radical (unpaired) electrons. The molecule has 0 saturated heterocycles. The third-order valence-electron chi connectivity index (χ3n) is 4.23. The second kappa shape index (κ2) is 7.53. The van der Waals surface area contributed by atoms with E-state index in [-0.39, 0.29) is 5.56 Å². The van der Waals surface area contributed by atoms with Crippen molar-refractivity contribution in [3.63, 3.8) is 0 Å². The maximum absolute atomic E-state index is 12.3. The van der Waals surface area contributed by atoms with Crippen molar-refractivity contribution in [2.75, 3.05) is 6.61 Å². The Bertz CT molecular complexity index is 1260. The highest BCUT2D eigenvalue weighted by atomic mass is 79.9. The molecule has 0 N–H and O–H groups in total. The number of ether oxygens (including phenoxy) is 2. The maximum Gasteiger partial charge on any atom is 0.277 e. The summed E-state index contributed by atoms with van der Waals surface area (Å²) in [5, 5.41) is 8.50. The minimum Gasteiger partial charge on any atom is -0.485 e. The lowest BCUT2D eigenvalue weighted by Gasteiger charge is -2.23. The van der Waals surface area contributed by atoms with E-state index in [0.29, 0.717) is 46.3 Å². The molecule has 1 aromatic carbocycles. The largest absolute Gasteiger partial charge is 0.485 e. The predicted molar refractivity (Wildman–Crippen MR) is 108 cm³/mol. The van der Waals surface area contributed by atoms with Crippen molar-refractivity contribution in [3.05, 3.63) is 75.1 Å². The van der Waals surface area contributed by atoms with Crippen LogP contribution in [0.4, 0.5) is 0 Å². The van der Waals surface area contributed by atoms with Crippen LogP contribution < -0.4 is 15.0 Å². The van der Waals surface area contributed by atoms with E-state index in [1.165, 1.54) is 22.2 Å². The van der Waals surface area contributed by atoms with Gasteiger partial charge in [0.05, 0.1) is 5.69 Å². The van der Waals surface area contributed by atoms with Gasteiger partial charge < -0.3 is 13.9 Å². The number of hydrogen-bond donors (Lipinski definition) is 0. The van der Waals surface area contributed by atoms with Crippen LogP contribution in [-0.2, 0) is 5.75 Å². The van der Waals surface area contributed by atoms with E-state index in [9.17, 15) is 4.79 Å². The molecule has 0 bridgehead atoms. The van der Waals surface area contributed by atoms with Crippen molar-refractivity contribution in [1.82, 2.24) is 19.6 Å². The van der Waals surface area contributed by atoms with E-state index < -0.39 is 6.10 Å². The Morgan fingerprint density at radius 2 is 2.03 bits per heavy atom. The Morgan fingerprint density at radius 3 is 2.93 bits per heavy atom. The third-order valence-corrected chi connectivity index (χ3v) is 5.55. The van der Waals surface area contributed by atoms with Crippen molar-refractivity contribution in [2.45, 2.75) is 17.1 Å². The van der Waals surface area contributed by atoms with Crippen LogP contribution >= 0.6 is 27.7 Å². The Labute approximate surface area is 177 Å². The highest BCUT2D eigenvalue weighted by Gasteiger charge is 2.27. The van der Waals surface area contributed by atoms with Crippen molar-refractivity contribution in [3.8, 4) is 11.5 Å². The molecular weight excluding hydrogens is 460 g/mol. The first-order valence-electron chi connectivity index (χ1n) is 8.68. The van der Waals surface area contributed by atoms with Gasteiger partial charge >= 0.3 is 0 Å². The van der Waals surface area contributed by atoms with Crippen molar-refractivity contribution < 1.29 is 13.9 Å². The van der Waals surface area contributed by atoms with Crippen LogP contribution in [0.15, 0.2) is 67.6 Å². The topological polar surface area (TPSA) is 91.8 Å². The first-order valence-corrected chi connectivity index (χ1v) is 10.5. The molecule has 0 amide bonds. The molecule has 1 aliphatic heterocycles. The zero-order valence-electron chi connectivity index (χ0n) is 14.8. The van der Waals surface area contributed by atoms with E-state index in [4.69, 9.17) is 13.9 Å². The Morgan fingerprint density at radius 1 is 1.17 bits per heavy atom. The number of aromatic nitrogens is 4. The van der Waals surface area contributed by atoms with E-state index in [1.54, 1.807) is 12.3 Å². The lowest BCUT2D eigenvalue weighted by atomic mass is 10.2. The SMILES string of the molecule is O=c1cc(CSc2nnc([C@H]3COc4ccccc4O3)o2)nc2ccc(Br)cn12. The summed E-state index contributed by atoms with van der Waals surface area (Å²) in [6.45, 7) is 0.294. The van der Waals surface area contributed by atoms with Crippen LogP contribution in [0, 0.1) is 0 Å². The molecule has 29 heavy (non-hydrogen) atoms. The summed E-state index contributed by atoms with van der Waals surface area (Å²) in [5.74, 6) is 2.11. The normalized spacial score (nSPS) is 15.6. The van der Waals surface area contributed by atoms with Gasteiger partial charge in [-0.3, -0.25) is 9.20 Å². The number of fused-ring (bicyclic) bond motifs is 2. The number of rotatable bonds is 4. The van der Waals surface area contributed by atoms with Gasteiger partial charge in [0, 0.05) is 22.5 Å².